The molecule has 1 aromatic heterocycles. The lowest BCUT2D eigenvalue weighted by molar-refractivity contribution is -0.274. The van der Waals surface area contributed by atoms with Crippen molar-refractivity contribution in [1.29, 1.82) is 0 Å². The number of ether oxygens (including phenoxy) is 1. The molecule has 0 atom stereocenters. The van der Waals surface area contributed by atoms with Crippen molar-refractivity contribution < 1.29 is 22.7 Å². The Morgan fingerprint density at radius 2 is 1.79 bits per heavy atom. The topological polar surface area (TPSA) is 58.6 Å². The Morgan fingerprint density at radius 1 is 1.04 bits per heavy atom. The number of anilines is 1. The van der Waals surface area contributed by atoms with E-state index >= 15 is 0 Å². The number of rotatable bonds is 4. The number of carbonyl (C=O) groups excluding carboxylic acids is 1. The van der Waals surface area contributed by atoms with Crippen molar-refractivity contribution in [2.75, 3.05) is 31.1 Å². The molecule has 2 aliphatic rings. The van der Waals surface area contributed by atoms with Gasteiger partial charge in [-0.15, -0.1) is 18.3 Å². The SMILES string of the molecule is O=C(c1cccc(OC(F)(F)F)c1)N1CCN(c2ccc(C3CC3)nn2)CC1. The lowest BCUT2D eigenvalue weighted by Gasteiger charge is -2.35. The van der Waals surface area contributed by atoms with E-state index in [1.165, 1.54) is 31.0 Å². The van der Waals surface area contributed by atoms with Crippen LogP contribution in [0.2, 0.25) is 0 Å². The second-order valence-corrected chi connectivity index (χ2v) is 6.95. The first-order chi connectivity index (χ1) is 13.4. The number of aromatic nitrogens is 2. The molecule has 148 valence electrons. The van der Waals surface area contributed by atoms with Crippen LogP contribution < -0.4 is 9.64 Å². The number of hydrogen-bond acceptors (Lipinski definition) is 5. The van der Waals surface area contributed by atoms with Crippen LogP contribution in [-0.2, 0) is 0 Å². The molecular formula is C19H19F3N4O2. The largest absolute Gasteiger partial charge is 0.573 e. The maximum absolute atomic E-state index is 12.6. The fraction of sp³-hybridized carbons (Fsp3) is 0.421. The van der Waals surface area contributed by atoms with Gasteiger partial charge in [-0.05, 0) is 43.2 Å². The van der Waals surface area contributed by atoms with Gasteiger partial charge < -0.3 is 14.5 Å². The second kappa shape index (κ2) is 7.29. The molecule has 2 aromatic rings. The third-order valence-electron chi connectivity index (χ3n) is 4.87. The van der Waals surface area contributed by atoms with Gasteiger partial charge in [-0.3, -0.25) is 4.79 Å². The Balaban J connectivity index is 1.36. The lowest BCUT2D eigenvalue weighted by Crippen LogP contribution is -2.49. The van der Waals surface area contributed by atoms with Gasteiger partial charge in [0, 0.05) is 37.7 Å². The summed E-state index contributed by atoms with van der Waals surface area (Å²) in [5.41, 5.74) is 1.20. The number of benzene rings is 1. The normalized spacial score (nSPS) is 17.5. The van der Waals surface area contributed by atoms with Crippen LogP contribution in [0.5, 0.6) is 5.75 Å². The van der Waals surface area contributed by atoms with Crippen LogP contribution in [0.1, 0.15) is 34.8 Å². The minimum atomic E-state index is -4.79. The van der Waals surface area contributed by atoms with Gasteiger partial charge >= 0.3 is 6.36 Å². The van der Waals surface area contributed by atoms with Crippen molar-refractivity contribution in [2.45, 2.75) is 25.1 Å². The molecule has 4 rings (SSSR count). The molecule has 0 unspecified atom stereocenters. The van der Waals surface area contributed by atoms with Crippen LogP contribution in [0.15, 0.2) is 36.4 Å². The zero-order valence-electron chi connectivity index (χ0n) is 15.0. The van der Waals surface area contributed by atoms with E-state index in [1.807, 2.05) is 12.1 Å². The molecule has 0 bridgehead atoms. The summed E-state index contributed by atoms with van der Waals surface area (Å²) in [7, 11) is 0. The first-order valence-electron chi connectivity index (χ1n) is 9.13. The van der Waals surface area contributed by atoms with Crippen molar-refractivity contribution in [1.82, 2.24) is 15.1 Å². The summed E-state index contributed by atoms with van der Waals surface area (Å²) in [6, 6.07) is 9.11. The summed E-state index contributed by atoms with van der Waals surface area (Å²) in [6.07, 6.45) is -2.45. The van der Waals surface area contributed by atoms with Crippen molar-refractivity contribution in [2.24, 2.45) is 0 Å². The molecule has 9 heteroatoms. The molecule has 1 aliphatic carbocycles. The van der Waals surface area contributed by atoms with E-state index in [0.29, 0.717) is 32.1 Å². The number of amides is 1. The first-order valence-corrected chi connectivity index (χ1v) is 9.13. The molecule has 1 aromatic carbocycles. The zero-order valence-corrected chi connectivity index (χ0v) is 15.0. The predicted molar refractivity (Wildman–Crippen MR) is 95.2 cm³/mol. The van der Waals surface area contributed by atoms with E-state index in [2.05, 4.69) is 19.8 Å². The summed E-state index contributed by atoms with van der Waals surface area (Å²) < 4.78 is 41.0. The van der Waals surface area contributed by atoms with Crippen LogP contribution in [0.3, 0.4) is 0 Å². The number of hydrogen-bond donors (Lipinski definition) is 0. The molecule has 0 spiro atoms. The van der Waals surface area contributed by atoms with E-state index in [1.54, 1.807) is 4.90 Å². The minimum absolute atomic E-state index is 0.170. The standard InChI is InChI=1S/C19H19F3N4O2/c20-19(21,22)28-15-3-1-2-14(12-15)18(27)26-10-8-25(9-11-26)17-7-6-16(23-24-17)13-4-5-13/h1-3,6-7,12-13H,4-5,8-11H2. The molecule has 2 heterocycles. The van der Waals surface area contributed by atoms with Crippen LogP contribution in [0.25, 0.3) is 0 Å². The van der Waals surface area contributed by atoms with Gasteiger partial charge in [0.15, 0.2) is 5.82 Å². The van der Waals surface area contributed by atoms with Gasteiger partial charge in [0.1, 0.15) is 5.75 Å². The number of carbonyl (C=O) groups is 1. The van der Waals surface area contributed by atoms with Crippen molar-refractivity contribution >= 4 is 11.7 Å². The molecule has 6 nitrogen and oxygen atoms in total. The maximum Gasteiger partial charge on any atom is 0.573 e. The first kappa shape index (κ1) is 18.5. The molecule has 1 aliphatic heterocycles. The Labute approximate surface area is 159 Å². The highest BCUT2D eigenvalue weighted by molar-refractivity contribution is 5.94. The quantitative estimate of drug-likeness (QED) is 0.800. The predicted octanol–water partition coefficient (Wildman–Crippen LogP) is 3.22. The zero-order chi connectivity index (χ0) is 19.7. The number of piperazine rings is 1. The van der Waals surface area contributed by atoms with Gasteiger partial charge in [-0.1, -0.05) is 6.07 Å². The van der Waals surface area contributed by atoms with Gasteiger partial charge in [0.2, 0.25) is 0 Å². The summed E-state index contributed by atoms with van der Waals surface area (Å²) in [5.74, 6) is 0.607. The molecule has 0 N–H and O–H groups in total. The van der Waals surface area contributed by atoms with Crippen LogP contribution in [0.4, 0.5) is 19.0 Å². The molecule has 2 fully saturated rings. The maximum atomic E-state index is 12.6. The number of halogens is 3. The molecule has 1 saturated carbocycles. The summed E-state index contributed by atoms with van der Waals surface area (Å²) in [5, 5.41) is 8.57. The third-order valence-corrected chi connectivity index (χ3v) is 4.87. The van der Waals surface area contributed by atoms with Gasteiger partial charge in [-0.25, -0.2) is 0 Å². The number of alkyl halides is 3. The second-order valence-electron chi connectivity index (χ2n) is 6.95. The van der Waals surface area contributed by atoms with Crippen molar-refractivity contribution in [3.05, 3.63) is 47.7 Å². The Morgan fingerprint density at radius 3 is 2.39 bits per heavy atom. The van der Waals surface area contributed by atoms with E-state index < -0.39 is 12.1 Å². The van der Waals surface area contributed by atoms with E-state index in [-0.39, 0.29) is 11.5 Å². The summed E-state index contributed by atoms with van der Waals surface area (Å²) in [6.45, 7) is 2.08. The Bertz CT molecular complexity index is 845. The van der Waals surface area contributed by atoms with Crippen molar-refractivity contribution in [3.8, 4) is 5.75 Å². The average molecular weight is 392 g/mol. The fourth-order valence-corrected chi connectivity index (χ4v) is 3.25. The Kier molecular flexibility index (Phi) is 4.82. The Hall–Kier alpha value is -2.84. The van der Waals surface area contributed by atoms with Crippen LogP contribution in [-0.4, -0.2) is 53.5 Å². The van der Waals surface area contributed by atoms with E-state index in [9.17, 15) is 18.0 Å². The molecule has 28 heavy (non-hydrogen) atoms. The molecular weight excluding hydrogens is 373 g/mol. The minimum Gasteiger partial charge on any atom is -0.406 e. The molecule has 0 radical (unpaired) electrons. The van der Waals surface area contributed by atoms with Gasteiger partial charge in [0.25, 0.3) is 5.91 Å². The van der Waals surface area contributed by atoms with Crippen molar-refractivity contribution in [3.63, 3.8) is 0 Å². The van der Waals surface area contributed by atoms with Gasteiger partial charge in [-0.2, -0.15) is 5.10 Å². The highest BCUT2D eigenvalue weighted by atomic mass is 19.4. The highest BCUT2D eigenvalue weighted by Gasteiger charge is 2.31. The smallest absolute Gasteiger partial charge is 0.406 e. The third kappa shape index (κ3) is 4.35. The van der Waals surface area contributed by atoms with Gasteiger partial charge in [0.05, 0.1) is 5.69 Å². The summed E-state index contributed by atoms with van der Waals surface area (Å²) in [4.78, 5) is 16.3. The van der Waals surface area contributed by atoms with Crippen LogP contribution >= 0.6 is 0 Å². The molecule has 1 saturated heterocycles. The highest BCUT2D eigenvalue weighted by Crippen LogP contribution is 2.38. The monoisotopic (exact) mass is 392 g/mol. The average Bonchev–Trinajstić information content (AvgIpc) is 3.52. The summed E-state index contributed by atoms with van der Waals surface area (Å²) >= 11 is 0. The molecule has 1 amide bonds. The van der Waals surface area contributed by atoms with Crippen LogP contribution in [0, 0.1) is 0 Å². The fourth-order valence-electron chi connectivity index (χ4n) is 3.25. The van der Waals surface area contributed by atoms with E-state index in [0.717, 1.165) is 17.6 Å². The van der Waals surface area contributed by atoms with E-state index in [4.69, 9.17) is 0 Å². The lowest BCUT2D eigenvalue weighted by atomic mass is 10.1. The number of nitrogens with zero attached hydrogens (tertiary/aromatic N) is 4.